The maximum Gasteiger partial charge on any atom is 0.237 e. The van der Waals surface area contributed by atoms with Gasteiger partial charge in [0.05, 0.1) is 5.69 Å². The van der Waals surface area contributed by atoms with Gasteiger partial charge in [0.25, 0.3) is 0 Å². The van der Waals surface area contributed by atoms with E-state index in [1.807, 2.05) is 24.3 Å². The first-order valence-electron chi connectivity index (χ1n) is 5.88. The normalized spacial score (nSPS) is 9.10. The van der Waals surface area contributed by atoms with Crippen LogP contribution in [-0.4, -0.2) is 5.71 Å². The molecule has 0 aliphatic rings. The van der Waals surface area contributed by atoms with Gasteiger partial charge in [-0.25, -0.2) is 0 Å². The highest BCUT2D eigenvalue weighted by Gasteiger charge is 1.98. The summed E-state index contributed by atoms with van der Waals surface area (Å²) in [5, 5.41) is 20.8. The van der Waals surface area contributed by atoms with Crippen molar-refractivity contribution in [3.8, 4) is 23.6 Å². The number of anilines is 1. The van der Waals surface area contributed by atoms with Gasteiger partial charge in [0, 0.05) is 4.47 Å². The van der Waals surface area contributed by atoms with Crippen molar-refractivity contribution in [2.75, 3.05) is 5.43 Å². The zero-order valence-electron chi connectivity index (χ0n) is 10.7. The number of rotatable bonds is 4. The fraction of sp³-hybridized carbons (Fsp3) is 0. The molecule has 0 heterocycles. The molecule has 5 nitrogen and oxygen atoms in total. The predicted molar refractivity (Wildman–Crippen MR) is 82.9 cm³/mol. The summed E-state index contributed by atoms with van der Waals surface area (Å²) < 4.78 is 6.65. The van der Waals surface area contributed by atoms with Crippen molar-refractivity contribution in [3.05, 3.63) is 53.0 Å². The average molecular weight is 341 g/mol. The number of nitrogens with one attached hydrogen (secondary N) is 1. The van der Waals surface area contributed by atoms with Gasteiger partial charge in [0.1, 0.15) is 23.6 Å². The maximum atomic E-state index is 8.57. The lowest BCUT2D eigenvalue weighted by molar-refractivity contribution is 0.482. The Hall–Kier alpha value is -2.83. The summed E-state index contributed by atoms with van der Waals surface area (Å²) in [6.45, 7) is 0. The van der Waals surface area contributed by atoms with Crippen LogP contribution in [0.5, 0.6) is 11.5 Å². The summed E-state index contributed by atoms with van der Waals surface area (Å²) in [6.07, 6.45) is 0. The Kier molecular flexibility index (Phi) is 4.92. The van der Waals surface area contributed by atoms with E-state index >= 15 is 0 Å². The first-order valence-corrected chi connectivity index (χ1v) is 6.68. The fourth-order valence-corrected chi connectivity index (χ4v) is 1.70. The Labute approximate surface area is 130 Å². The van der Waals surface area contributed by atoms with Gasteiger partial charge >= 0.3 is 0 Å². The molecule has 1 N–H and O–H groups in total. The number of benzene rings is 2. The summed E-state index contributed by atoms with van der Waals surface area (Å²) in [6, 6.07) is 17.8. The highest BCUT2D eigenvalue weighted by molar-refractivity contribution is 9.10. The van der Waals surface area contributed by atoms with Crippen molar-refractivity contribution < 1.29 is 4.74 Å². The standard InChI is InChI=1S/C15H9BrN4O/c16-11-1-5-14(6-2-11)21-15-7-3-12(4-8-15)19-20-13(9-17)10-18/h1-8,19H. The molecular weight excluding hydrogens is 332 g/mol. The summed E-state index contributed by atoms with van der Waals surface area (Å²) >= 11 is 3.36. The summed E-state index contributed by atoms with van der Waals surface area (Å²) in [5.74, 6) is 1.40. The van der Waals surface area contributed by atoms with Gasteiger partial charge in [-0.15, -0.1) is 0 Å². The molecule has 0 aliphatic heterocycles. The van der Waals surface area contributed by atoms with Crippen LogP contribution in [0, 0.1) is 22.7 Å². The molecule has 0 bridgehead atoms. The summed E-state index contributed by atoms with van der Waals surface area (Å²) in [7, 11) is 0. The lowest BCUT2D eigenvalue weighted by Gasteiger charge is -2.06. The van der Waals surface area contributed by atoms with Gasteiger partial charge in [-0.3, -0.25) is 5.43 Å². The molecule has 0 aliphatic carbocycles. The number of hydrazone groups is 1. The van der Waals surface area contributed by atoms with E-state index in [0.717, 1.165) is 10.2 Å². The molecule has 102 valence electrons. The summed E-state index contributed by atoms with van der Waals surface area (Å²) in [4.78, 5) is 0. The first-order chi connectivity index (χ1) is 10.2. The fourth-order valence-electron chi connectivity index (χ4n) is 1.43. The van der Waals surface area contributed by atoms with E-state index in [1.54, 1.807) is 36.4 Å². The molecule has 0 saturated heterocycles. The second kappa shape index (κ2) is 7.09. The van der Waals surface area contributed by atoms with Crippen molar-refractivity contribution in [2.24, 2.45) is 5.10 Å². The van der Waals surface area contributed by atoms with Crippen molar-refractivity contribution in [3.63, 3.8) is 0 Å². The van der Waals surface area contributed by atoms with Crippen molar-refractivity contribution in [1.82, 2.24) is 0 Å². The lowest BCUT2D eigenvalue weighted by Crippen LogP contribution is -1.96. The first kappa shape index (κ1) is 14.6. The number of hydrogen-bond acceptors (Lipinski definition) is 5. The number of halogens is 1. The number of nitrogens with zero attached hydrogens (tertiary/aromatic N) is 3. The monoisotopic (exact) mass is 340 g/mol. The van der Waals surface area contributed by atoms with Gasteiger partial charge in [0.15, 0.2) is 0 Å². The van der Waals surface area contributed by atoms with E-state index in [-0.39, 0.29) is 5.71 Å². The Balaban J connectivity index is 2.03. The third kappa shape index (κ3) is 4.34. The van der Waals surface area contributed by atoms with Gasteiger partial charge in [-0.1, -0.05) is 15.9 Å². The number of hydrogen-bond donors (Lipinski definition) is 1. The second-order valence-electron chi connectivity index (χ2n) is 3.88. The van der Waals surface area contributed by atoms with Crippen LogP contribution in [0.25, 0.3) is 0 Å². The Morgan fingerprint density at radius 3 is 2.00 bits per heavy atom. The minimum atomic E-state index is -0.231. The Morgan fingerprint density at radius 1 is 0.952 bits per heavy atom. The van der Waals surface area contributed by atoms with E-state index < -0.39 is 0 Å². The zero-order valence-corrected chi connectivity index (χ0v) is 12.3. The largest absolute Gasteiger partial charge is 0.457 e. The van der Waals surface area contributed by atoms with E-state index in [2.05, 4.69) is 26.5 Å². The van der Waals surface area contributed by atoms with E-state index in [9.17, 15) is 0 Å². The molecule has 0 spiro atoms. The third-order valence-corrected chi connectivity index (χ3v) is 2.94. The Bertz CT molecular complexity index is 708. The van der Waals surface area contributed by atoms with E-state index in [4.69, 9.17) is 15.3 Å². The highest BCUT2D eigenvalue weighted by Crippen LogP contribution is 2.24. The molecule has 6 heteroatoms. The van der Waals surface area contributed by atoms with Crippen molar-refractivity contribution in [1.29, 1.82) is 10.5 Å². The molecule has 0 saturated carbocycles. The van der Waals surface area contributed by atoms with Crippen LogP contribution in [0.3, 0.4) is 0 Å². The molecule has 0 aromatic heterocycles. The van der Waals surface area contributed by atoms with Gasteiger partial charge < -0.3 is 4.74 Å². The maximum absolute atomic E-state index is 8.57. The number of ether oxygens (including phenoxy) is 1. The smallest absolute Gasteiger partial charge is 0.237 e. The summed E-state index contributed by atoms with van der Waals surface area (Å²) in [5.41, 5.74) is 3.05. The second-order valence-corrected chi connectivity index (χ2v) is 4.79. The molecule has 0 atom stereocenters. The molecule has 0 unspecified atom stereocenters. The van der Waals surface area contributed by atoms with Crippen LogP contribution >= 0.6 is 15.9 Å². The minimum absolute atomic E-state index is 0.231. The van der Waals surface area contributed by atoms with E-state index in [0.29, 0.717) is 11.4 Å². The average Bonchev–Trinajstić information content (AvgIpc) is 2.52. The van der Waals surface area contributed by atoms with Gasteiger partial charge in [-0.2, -0.15) is 15.6 Å². The zero-order chi connectivity index (χ0) is 15.1. The molecular formula is C15H9BrN4O. The van der Waals surface area contributed by atoms with Crippen LogP contribution in [-0.2, 0) is 0 Å². The van der Waals surface area contributed by atoms with Crippen LogP contribution in [0.1, 0.15) is 0 Å². The molecule has 2 aromatic carbocycles. The molecule has 0 radical (unpaired) electrons. The molecule has 0 amide bonds. The van der Waals surface area contributed by atoms with Crippen LogP contribution in [0.2, 0.25) is 0 Å². The van der Waals surface area contributed by atoms with Crippen LogP contribution in [0.4, 0.5) is 5.69 Å². The lowest BCUT2D eigenvalue weighted by atomic mass is 10.3. The molecule has 2 aromatic rings. The topological polar surface area (TPSA) is 81.2 Å². The van der Waals surface area contributed by atoms with Gasteiger partial charge in [0.2, 0.25) is 5.71 Å². The van der Waals surface area contributed by atoms with Gasteiger partial charge in [-0.05, 0) is 48.5 Å². The SMILES string of the molecule is N#CC(C#N)=NNc1ccc(Oc2ccc(Br)cc2)cc1. The molecule has 21 heavy (non-hydrogen) atoms. The van der Waals surface area contributed by atoms with Crippen LogP contribution in [0.15, 0.2) is 58.1 Å². The van der Waals surface area contributed by atoms with Crippen LogP contribution < -0.4 is 10.2 Å². The van der Waals surface area contributed by atoms with Crippen molar-refractivity contribution >= 4 is 27.3 Å². The van der Waals surface area contributed by atoms with Crippen molar-refractivity contribution in [2.45, 2.75) is 0 Å². The molecule has 2 rings (SSSR count). The molecule has 0 fully saturated rings. The Morgan fingerprint density at radius 2 is 1.48 bits per heavy atom. The quantitative estimate of drug-likeness (QED) is 0.672. The minimum Gasteiger partial charge on any atom is -0.457 e. The third-order valence-electron chi connectivity index (χ3n) is 2.41. The van der Waals surface area contributed by atoms with E-state index in [1.165, 1.54) is 0 Å². The predicted octanol–water partition coefficient (Wildman–Crippen LogP) is 4.06. The number of nitriles is 2. The highest BCUT2D eigenvalue weighted by atomic mass is 79.9.